The molecule has 0 N–H and O–H groups in total. The number of methoxy groups -OCH3 is 1. The average Bonchev–Trinajstić information content (AvgIpc) is 3.05. The summed E-state index contributed by atoms with van der Waals surface area (Å²) in [6.45, 7) is 0. The van der Waals surface area contributed by atoms with E-state index in [9.17, 15) is 9.59 Å². The molecule has 1 atom stereocenters. The Bertz CT molecular complexity index is 513. The van der Waals surface area contributed by atoms with Gasteiger partial charge in [0.05, 0.1) is 7.11 Å². The van der Waals surface area contributed by atoms with E-state index in [0.717, 1.165) is 24.5 Å². The van der Waals surface area contributed by atoms with Crippen molar-refractivity contribution >= 4 is 33.5 Å². The molecule has 1 heterocycles. The molecule has 0 aliphatic carbocycles. The van der Waals surface area contributed by atoms with E-state index < -0.39 is 5.97 Å². The van der Waals surface area contributed by atoms with Crippen molar-refractivity contribution in [3.8, 4) is 5.75 Å². The molecule has 6 heteroatoms. The van der Waals surface area contributed by atoms with Crippen molar-refractivity contribution in [2.24, 2.45) is 0 Å². The fourth-order valence-electron chi connectivity index (χ4n) is 2.21. The highest BCUT2D eigenvalue weighted by atomic mass is 33.1. The van der Waals surface area contributed by atoms with Crippen LogP contribution >= 0.6 is 21.6 Å². The first-order valence-corrected chi connectivity index (χ1v) is 9.75. The second-order valence-corrected chi connectivity index (χ2v) is 7.82. The van der Waals surface area contributed by atoms with E-state index in [2.05, 4.69) is 4.74 Å². The zero-order valence-corrected chi connectivity index (χ0v) is 14.2. The van der Waals surface area contributed by atoms with E-state index in [4.69, 9.17) is 4.74 Å². The van der Waals surface area contributed by atoms with Crippen LogP contribution in [0.5, 0.6) is 5.75 Å². The smallest absolute Gasteiger partial charge is 0.341 e. The van der Waals surface area contributed by atoms with Crippen molar-refractivity contribution in [2.45, 2.75) is 37.4 Å². The Morgan fingerprint density at radius 3 is 2.82 bits per heavy atom. The van der Waals surface area contributed by atoms with Gasteiger partial charge >= 0.3 is 11.9 Å². The number of carbonyl (C=O) groups is 2. The number of esters is 2. The van der Waals surface area contributed by atoms with Gasteiger partial charge in [-0.25, -0.2) is 4.79 Å². The SMILES string of the molecule is COC(=O)c1ccccc1OC(=O)CCCC[C@H]1CCSS1. The zero-order chi connectivity index (χ0) is 15.8. The molecule has 0 spiro atoms. The number of ether oxygens (including phenoxy) is 2. The number of unbranched alkanes of at least 4 members (excludes halogenated alkanes) is 1. The van der Waals surface area contributed by atoms with Gasteiger partial charge in [-0.2, -0.15) is 0 Å². The van der Waals surface area contributed by atoms with Crippen molar-refractivity contribution in [1.29, 1.82) is 0 Å². The van der Waals surface area contributed by atoms with Gasteiger partial charge in [0.25, 0.3) is 0 Å². The largest absolute Gasteiger partial charge is 0.465 e. The molecule has 4 nitrogen and oxygen atoms in total. The van der Waals surface area contributed by atoms with E-state index >= 15 is 0 Å². The lowest BCUT2D eigenvalue weighted by Crippen LogP contribution is -2.12. The molecule has 1 aliphatic heterocycles. The first-order valence-electron chi connectivity index (χ1n) is 7.37. The molecule has 120 valence electrons. The zero-order valence-electron chi connectivity index (χ0n) is 12.6. The second kappa shape index (κ2) is 9.10. The first kappa shape index (κ1) is 17.2. The maximum atomic E-state index is 11.9. The van der Waals surface area contributed by atoms with Gasteiger partial charge < -0.3 is 9.47 Å². The minimum atomic E-state index is -0.501. The van der Waals surface area contributed by atoms with Gasteiger partial charge in [-0.3, -0.25) is 4.79 Å². The Hall–Kier alpha value is -1.14. The fourth-order valence-corrected chi connectivity index (χ4v) is 5.24. The van der Waals surface area contributed by atoms with E-state index in [1.807, 2.05) is 21.6 Å². The van der Waals surface area contributed by atoms with Crippen LogP contribution in [0.2, 0.25) is 0 Å². The molecule has 0 amide bonds. The Balaban J connectivity index is 1.75. The minimum Gasteiger partial charge on any atom is -0.465 e. The Morgan fingerprint density at radius 2 is 2.09 bits per heavy atom. The molecular formula is C16H20O4S2. The Kier molecular flexibility index (Phi) is 7.12. The summed E-state index contributed by atoms with van der Waals surface area (Å²) in [6.07, 6.45) is 4.66. The first-order chi connectivity index (χ1) is 10.7. The summed E-state index contributed by atoms with van der Waals surface area (Å²) in [5.74, 6) is 0.702. The molecule has 1 aliphatic rings. The quantitative estimate of drug-likeness (QED) is 0.322. The van der Waals surface area contributed by atoms with Gasteiger partial charge in [0.1, 0.15) is 11.3 Å². The van der Waals surface area contributed by atoms with E-state index in [0.29, 0.717) is 6.42 Å². The molecule has 1 saturated heterocycles. The van der Waals surface area contributed by atoms with Gasteiger partial charge in [-0.15, -0.1) is 0 Å². The topological polar surface area (TPSA) is 52.6 Å². The molecule has 0 unspecified atom stereocenters. The third-order valence-corrected chi connectivity index (χ3v) is 6.41. The summed E-state index contributed by atoms with van der Waals surface area (Å²) in [6, 6.07) is 6.63. The van der Waals surface area contributed by atoms with Gasteiger partial charge in [0.15, 0.2) is 0 Å². The molecule has 1 aromatic rings. The number of hydrogen-bond acceptors (Lipinski definition) is 6. The Morgan fingerprint density at radius 1 is 1.27 bits per heavy atom. The van der Waals surface area contributed by atoms with Gasteiger partial charge in [0, 0.05) is 17.4 Å². The number of rotatable bonds is 7. The lowest BCUT2D eigenvalue weighted by molar-refractivity contribution is -0.134. The van der Waals surface area contributed by atoms with Crippen LogP contribution in [0.4, 0.5) is 0 Å². The van der Waals surface area contributed by atoms with Crippen molar-refractivity contribution < 1.29 is 19.1 Å². The van der Waals surface area contributed by atoms with E-state index in [-0.39, 0.29) is 17.3 Å². The number of para-hydroxylation sites is 1. The van der Waals surface area contributed by atoms with Crippen LogP contribution in [0, 0.1) is 0 Å². The Labute approximate surface area is 138 Å². The summed E-state index contributed by atoms with van der Waals surface area (Å²) in [5, 5.41) is 0.737. The summed E-state index contributed by atoms with van der Waals surface area (Å²) in [7, 11) is 5.20. The van der Waals surface area contributed by atoms with Crippen molar-refractivity contribution in [2.75, 3.05) is 12.9 Å². The molecule has 1 aromatic carbocycles. The second-order valence-electron chi connectivity index (χ2n) is 5.04. The van der Waals surface area contributed by atoms with Gasteiger partial charge in [-0.05, 0) is 31.4 Å². The average molecular weight is 340 g/mol. The maximum Gasteiger partial charge on any atom is 0.341 e. The summed E-state index contributed by atoms with van der Waals surface area (Å²) in [5.41, 5.74) is 0.276. The molecule has 2 rings (SSSR count). The highest BCUT2D eigenvalue weighted by Crippen LogP contribution is 2.39. The molecule has 0 radical (unpaired) electrons. The monoisotopic (exact) mass is 340 g/mol. The highest BCUT2D eigenvalue weighted by molar-refractivity contribution is 8.77. The van der Waals surface area contributed by atoms with E-state index in [1.54, 1.807) is 24.3 Å². The third-order valence-electron chi connectivity index (χ3n) is 3.40. The van der Waals surface area contributed by atoms with Crippen LogP contribution < -0.4 is 4.74 Å². The van der Waals surface area contributed by atoms with Crippen molar-refractivity contribution in [3.05, 3.63) is 29.8 Å². The normalized spacial score (nSPS) is 17.2. The summed E-state index contributed by atoms with van der Waals surface area (Å²) >= 11 is 0. The number of carbonyl (C=O) groups excluding carboxylic acids is 2. The van der Waals surface area contributed by atoms with Crippen molar-refractivity contribution in [1.82, 2.24) is 0 Å². The molecule has 22 heavy (non-hydrogen) atoms. The fraction of sp³-hybridized carbons (Fsp3) is 0.500. The predicted octanol–water partition coefficient (Wildman–Crippen LogP) is 4.09. The third kappa shape index (κ3) is 5.25. The van der Waals surface area contributed by atoms with Crippen LogP contribution in [-0.2, 0) is 9.53 Å². The van der Waals surface area contributed by atoms with Crippen LogP contribution in [0.1, 0.15) is 42.5 Å². The molecule has 0 bridgehead atoms. The standard InChI is InChI=1S/C16H20O4S2/c1-19-16(18)13-7-3-4-8-14(13)20-15(17)9-5-2-6-12-10-11-21-22-12/h3-4,7-8,12H,2,5-6,9-11H2,1H3/t12-/m0/s1. The van der Waals surface area contributed by atoms with Gasteiger partial charge in [-0.1, -0.05) is 40.1 Å². The lowest BCUT2D eigenvalue weighted by Gasteiger charge is -2.09. The number of benzene rings is 1. The number of hydrogen-bond donors (Lipinski definition) is 0. The lowest BCUT2D eigenvalue weighted by atomic mass is 10.1. The van der Waals surface area contributed by atoms with E-state index in [1.165, 1.54) is 19.3 Å². The molecule has 0 saturated carbocycles. The highest BCUT2D eigenvalue weighted by Gasteiger charge is 2.17. The van der Waals surface area contributed by atoms with Crippen LogP contribution in [-0.4, -0.2) is 30.1 Å². The molecule has 0 aromatic heterocycles. The molecule has 1 fully saturated rings. The van der Waals surface area contributed by atoms with Crippen molar-refractivity contribution in [3.63, 3.8) is 0 Å². The summed E-state index contributed by atoms with van der Waals surface area (Å²) < 4.78 is 9.97. The molecular weight excluding hydrogens is 320 g/mol. The minimum absolute atomic E-state index is 0.266. The van der Waals surface area contributed by atoms with Crippen LogP contribution in [0.3, 0.4) is 0 Å². The van der Waals surface area contributed by atoms with Crippen LogP contribution in [0.25, 0.3) is 0 Å². The summed E-state index contributed by atoms with van der Waals surface area (Å²) in [4.78, 5) is 23.5. The predicted molar refractivity (Wildman–Crippen MR) is 90.3 cm³/mol. The van der Waals surface area contributed by atoms with Gasteiger partial charge in [0.2, 0.25) is 0 Å². The van der Waals surface area contributed by atoms with Crippen LogP contribution in [0.15, 0.2) is 24.3 Å². The maximum absolute atomic E-state index is 11.9.